The molecule has 0 spiro atoms. The van der Waals surface area contributed by atoms with Gasteiger partial charge >= 0.3 is 5.97 Å². The highest BCUT2D eigenvalue weighted by Gasteiger charge is 2.23. The second-order valence-electron chi connectivity index (χ2n) is 6.49. The van der Waals surface area contributed by atoms with Crippen LogP contribution < -0.4 is 10.1 Å². The summed E-state index contributed by atoms with van der Waals surface area (Å²) >= 11 is 6.45. The maximum atomic E-state index is 12.6. The Hall–Kier alpha value is -2.70. The van der Waals surface area contributed by atoms with Crippen molar-refractivity contribution in [3.05, 3.63) is 34.5 Å². The van der Waals surface area contributed by atoms with Gasteiger partial charge in [0.2, 0.25) is 0 Å². The van der Waals surface area contributed by atoms with Crippen LogP contribution in [0.3, 0.4) is 0 Å². The molecule has 1 aromatic heterocycles. The second-order valence-corrected chi connectivity index (χ2v) is 8.00. The van der Waals surface area contributed by atoms with E-state index in [0.717, 1.165) is 0 Å². The van der Waals surface area contributed by atoms with E-state index in [0.29, 0.717) is 40.8 Å². The summed E-state index contributed by atoms with van der Waals surface area (Å²) in [5.41, 5.74) is 1.25. The van der Waals surface area contributed by atoms with Gasteiger partial charge in [0.15, 0.2) is 10.7 Å². The first-order valence-corrected chi connectivity index (χ1v) is 11.1. The Balaban J connectivity index is 1.98. The zero-order chi connectivity index (χ0) is 23.7. The van der Waals surface area contributed by atoms with Crippen molar-refractivity contribution in [2.45, 2.75) is 19.6 Å². The molecule has 0 saturated carbocycles. The molecule has 1 heterocycles. The zero-order valence-corrected chi connectivity index (χ0v) is 19.9. The van der Waals surface area contributed by atoms with Gasteiger partial charge < -0.3 is 29.2 Å². The number of rotatable bonds is 12. The third-order valence-electron chi connectivity index (χ3n) is 4.27. The van der Waals surface area contributed by atoms with E-state index in [9.17, 15) is 14.7 Å². The number of thiocarbonyl (C=S) groups is 1. The summed E-state index contributed by atoms with van der Waals surface area (Å²) in [6.07, 6.45) is 0. The molecule has 0 unspecified atom stereocenters. The van der Waals surface area contributed by atoms with E-state index in [1.54, 1.807) is 13.8 Å². The van der Waals surface area contributed by atoms with Gasteiger partial charge in [0.1, 0.15) is 18.1 Å². The molecule has 0 fully saturated rings. The van der Waals surface area contributed by atoms with Crippen molar-refractivity contribution in [2.24, 2.45) is 0 Å². The van der Waals surface area contributed by atoms with Crippen LogP contribution in [0.4, 0.5) is 0 Å². The van der Waals surface area contributed by atoms with Gasteiger partial charge in [-0.05, 0) is 13.8 Å². The largest absolute Gasteiger partial charge is 0.507 e. The van der Waals surface area contributed by atoms with Gasteiger partial charge in [0.25, 0.3) is 11.8 Å². The number of phenols is 1. The summed E-state index contributed by atoms with van der Waals surface area (Å²) in [7, 11) is 2.96. The Morgan fingerprint density at radius 3 is 2.66 bits per heavy atom. The van der Waals surface area contributed by atoms with Crippen molar-refractivity contribution in [3.63, 3.8) is 0 Å². The van der Waals surface area contributed by atoms with Crippen LogP contribution >= 0.6 is 24.0 Å². The van der Waals surface area contributed by atoms with Crippen molar-refractivity contribution in [1.82, 2.24) is 15.5 Å². The lowest BCUT2D eigenvalue weighted by atomic mass is 10.0. The number of thioether (sulfide) groups is 1. The molecule has 2 aromatic rings. The summed E-state index contributed by atoms with van der Waals surface area (Å²) in [5.74, 6) is 0.444. The Bertz CT molecular complexity index is 978. The molecule has 174 valence electrons. The number of phenolic OH excluding ortho intramolecular Hbond substituents is 1. The maximum absolute atomic E-state index is 12.6. The van der Waals surface area contributed by atoms with Crippen LogP contribution in [0.2, 0.25) is 0 Å². The van der Waals surface area contributed by atoms with Gasteiger partial charge in [-0.15, -0.1) is 0 Å². The first kappa shape index (κ1) is 25.6. The number of aryl methyl sites for hydroxylation is 1. The van der Waals surface area contributed by atoms with Crippen molar-refractivity contribution in [2.75, 3.05) is 39.7 Å². The third-order valence-corrected chi connectivity index (χ3v) is 5.62. The number of carbonyl (C=O) groups excluding carboxylic acids is 2. The molecule has 0 atom stereocenters. The molecule has 0 saturated heterocycles. The van der Waals surface area contributed by atoms with Crippen molar-refractivity contribution < 1.29 is 33.4 Å². The molecule has 32 heavy (non-hydrogen) atoms. The Labute approximate surface area is 195 Å². The standard InChI is InChI=1S/C20H25N3O7S2/c1-11-15(28-4)9-14(24)13(16(11)20(26)29-7-6-27-3)10-32-8-5-21-18(25)17(31)19-22-12(2)23-30-19/h9,24H,5-8,10H2,1-4H3,(H,21,25). The van der Waals surface area contributed by atoms with Crippen LogP contribution in [0.25, 0.3) is 0 Å². The minimum absolute atomic E-state index is 0.00193. The molecule has 10 nitrogen and oxygen atoms in total. The monoisotopic (exact) mass is 483 g/mol. The summed E-state index contributed by atoms with van der Waals surface area (Å²) in [6.45, 7) is 4.00. The van der Waals surface area contributed by atoms with Crippen LogP contribution in [0.15, 0.2) is 10.6 Å². The number of nitrogens with zero attached hydrogens (tertiary/aromatic N) is 2. The number of amides is 1. The van der Waals surface area contributed by atoms with E-state index in [1.165, 1.54) is 32.0 Å². The average Bonchev–Trinajstić information content (AvgIpc) is 3.20. The molecule has 0 aliphatic rings. The molecule has 2 N–H and O–H groups in total. The molecule has 12 heteroatoms. The van der Waals surface area contributed by atoms with Crippen LogP contribution in [0.5, 0.6) is 11.5 Å². The molecule has 1 amide bonds. The number of ether oxygens (including phenoxy) is 3. The number of carbonyl (C=O) groups is 2. The predicted octanol–water partition coefficient (Wildman–Crippen LogP) is 1.97. The smallest absolute Gasteiger partial charge is 0.339 e. The second kappa shape index (κ2) is 12.4. The van der Waals surface area contributed by atoms with Gasteiger partial charge in [-0.1, -0.05) is 17.4 Å². The number of nitrogens with one attached hydrogen (secondary N) is 1. The minimum Gasteiger partial charge on any atom is -0.507 e. The van der Waals surface area contributed by atoms with E-state index in [-0.39, 0.29) is 35.3 Å². The molecule has 0 aliphatic heterocycles. The highest BCUT2D eigenvalue weighted by Crippen LogP contribution is 2.35. The van der Waals surface area contributed by atoms with Crippen LogP contribution in [-0.4, -0.2) is 71.7 Å². The van der Waals surface area contributed by atoms with Crippen molar-refractivity contribution >= 4 is 40.7 Å². The Kier molecular flexibility index (Phi) is 9.88. The molecule has 1 aromatic carbocycles. The average molecular weight is 484 g/mol. The van der Waals surface area contributed by atoms with E-state index >= 15 is 0 Å². The molecular weight excluding hydrogens is 458 g/mol. The lowest BCUT2D eigenvalue weighted by molar-refractivity contribution is -0.114. The number of esters is 1. The number of aromatic nitrogens is 2. The minimum atomic E-state index is -0.571. The molecular formula is C20H25N3O7S2. The summed E-state index contributed by atoms with van der Waals surface area (Å²) < 4.78 is 20.3. The molecule has 0 radical (unpaired) electrons. The zero-order valence-electron chi connectivity index (χ0n) is 18.2. The lowest BCUT2D eigenvalue weighted by Gasteiger charge is -2.16. The highest BCUT2D eigenvalue weighted by atomic mass is 32.2. The van der Waals surface area contributed by atoms with Crippen LogP contribution in [0, 0.1) is 13.8 Å². The summed E-state index contributed by atoms with van der Waals surface area (Å²) in [6, 6.07) is 1.46. The van der Waals surface area contributed by atoms with Crippen LogP contribution in [-0.2, 0) is 20.0 Å². The number of hydrogen-bond donors (Lipinski definition) is 2. The predicted molar refractivity (Wildman–Crippen MR) is 121 cm³/mol. The van der Waals surface area contributed by atoms with Crippen LogP contribution in [0.1, 0.15) is 33.2 Å². The Morgan fingerprint density at radius 1 is 1.28 bits per heavy atom. The highest BCUT2D eigenvalue weighted by molar-refractivity contribution is 7.98. The van der Waals surface area contributed by atoms with Crippen molar-refractivity contribution in [1.29, 1.82) is 0 Å². The first-order chi connectivity index (χ1) is 15.3. The Morgan fingerprint density at radius 2 is 2.03 bits per heavy atom. The number of benzene rings is 1. The fourth-order valence-electron chi connectivity index (χ4n) is 2.70. The van der Waals surface area contributed by atoms with Crippen molar-refractivity contribution in [3.8, 4) is 11.5 Å². The normalized spacial score (nSPS) is 10.6. The van der Waals surface area contributed by atoms with Gasteiger partial charge in [0.05, 0.1) is 19.3 Å². The van der Waals surface area contributed by atoms with Gasteiger partial charge in [-0.2, -0.15) is 16.7 Å². The fourth-order valence-corrected chi connectivity index (χ4v) is 3.74. The van der Waals surface area contributed by atoms with E-state index in [1.807, 2.05) is 0 Å². The lowest BCUT2D eigenvalue weighted by Crippen LogP contribution is -2.32. The van der Waals surface area contributed by atoms with Gasteiger partial charge in [0, 0.05) is 42.4 Å². The first-order valence-electron chi connectivity index (χ1n) is 9.56. The van der Waals surface area contributed by atoms with E-state index in [4.69, 9.17) is 31.0 Å². The quantitative estimate of drug-likeness (QED) is 0.199. The molecule has 2 rings (SSSR count). The number of aromatic hydroxyl groups is 1. The summed E-state index contributed by atoms with van der Waals surface area (Å²) in [4.78, 5) is 28.6. The summed E-state index contributed by atoms with van der Waals surface area (Å²) in [5, 5.41) is 16.7. The molecule has 0 bridgehead atoms. The van der Waals surface area contributed by atoms with E-state index in [2.05, 4.69) is 15.5 Å². The third kappa shape index (κ3) is 6.65. The van der Waals surface area contributed by atoms with Gasteiger partial charge in [-0.3, -0.25) is 4.79 Å². The van der Waals surface area contributed by atoms with Gasteiger partial charge in [-0.25, -0.2) is 4.79 Å². The number of hydrogen-bond acceptors (Lipinski definition) is 11. The maximum Gasteiger partial charge on any atom is 0.339 e. The molecule has 0 aliphatic carbocycles. The topological polar surface area (TPSA) is 133 Å². The fraction of sp³-hybridized carbons (Fsp3) is 0.450. The van der Waals surface area contributed by atoms with E-state index < -0.39 is 11.9 Å². The number of methoxy groups -OCH3 is 2. The SMILES string of the molecule is COCCOC(=O)c1c(C)c(OC)cc(O)c1CSCCNC(=O)C(=S)c1nc(C)no1.